The Bertz CT molecular complexity index is 676. The topological polar surface area (TPSA) is 75.2 Å². The molecule has 0 bridgehead atoms. The molecular formula is C22H37IN4O3. The molecule has 0 radical (unpaired) electrons. The third-order valence-corrected chi connectivity index (χ3v) is 4.89. The van der Waals surface area contributed by atoms with E-state index in [1.807, 2.05) is 49.9 Å². The number of carbonyl (C=O) groups excluding carboxylic acids is 1. The van der Waals surface area contributed by atoms with Crippen LogP contribution in [-0.4, -0.2) is 62.2 Å². The molecule has 1 heterocycles. The third-order valence-electron chi connectivity index (χ3n) is 4.89. The van der Waals surface area contributed by atoms with E-state index in [-0.39, 0.29) is 41.9 Å². The van der Waals surface area contributed by atoms with Gasteiger partial charge in [-0.1, -0.05) is 26.0 Å². The van der Waals surface area contributed by atoms with Crippen LogP contribution in [0.5, 0.6) is 11.5 Å². The van der Waals surface area contributed by atoms with Crippen molar-refractivity contribution in [2.45, 2.75) is 52.7 Å². The van der Waals surface area contributed by atoms with Gasteiger partial charge in [-0.05, 0) is 38.8 Å². The summed E-state index contributed by atoms with van der Waals surface area (Å²) >= 11 is 0. The van der Waals surface area contributed by atoms with Crippen LogP contribution in [0.15, 0.2) is 29.3 Å². The Morgan fingerprint density at radius 3 is 2.40 bits per heavy atom. The van der Waals surface area contributed by atoms with Crippen LogP contribution in [0.3, 0.4) is 0 Å². The van der Waals surface area contributed by atoms with Gasteiger partial charge in [-0.25, -0.2) is 4.99 Å². The molecule has 0 saturated carbocycles. The van der Waals surface area contributed by atoms with E-state index in [4.69, 9.17) is 9.47 Å². The second-order valence-corrected chi connectivity index (χ2v) is 7.70. The molecule has 1 aromatic carbocycles. The summed E-state index contributed by atoms with van der Waals surface area (Å²) < 4.78 is 11.3. The van der Waals surface area contributed by atoms with Gasteiger partial charge in [0.1, 0.15) is 6.10 Å². The largest absolute Gasteiger partial charge is 0.493 e. The molecule has 1 saturated heterocycles. The number of amides is 1. The van der Waals surface area contributed by atoms with Crippen molar-refractivity contribution >= 4 is 35.8 Å². The minimum absolute atomic E-state index is 0. The summed E-state index contributed by atoms with van der Waals surface area (Å²) in [5.41, 5.74) is 0. The zero-order chi connectivity index (χ0) is 21.2. The molecule has 1 fully saturated rings. The van der Waals surface area contributed by atoms with Gasteiger partial charge in [0.15, 0.2) is 17.5 Å². The van der Waals surface area contributed by atoms with E-state index < -0.39 is 0 Å². The number of methoxy groups -OCH3 is 1. The molecule has 2 rings (SSSR count). The van der Waals surface area contributed by atoms with Gasteiger partial charge >= 0.3 is 0 Å². The van der Waals surface area contributed by atoms with E-state index in [2.05, 4.69) is 22.5 Å². The summed E-state index contributed by atoms with van der Waals surface area (Å²) in [4.78, 5) is 18.8. The second kappa shape index (κ2) is 13.6. The number of hydrogen-bond donors (Lipinski definition) is 2. The number of nitrogens with zero attached hydrogens (tertiary/aromatic N) is 2. The van der Waals surface area contributed by atoms with E-state index in [1.54, 1.807) is 7.11 Å². The number of aliphatic imine (C=N–C) groups is 1. The Labute approximate surface area is 198 Å². The standard InChI is InChI=1S/C22H36N4O3.HI/c1-6-23-22(25-18-11-13-26(14-12-18)21(27)16(2)3)24-15-17(4)29-20-10-8-7-9-19(20)28-5;/h7-10,16-18H,6,11-15H2,1-5H3,(H2,23,24,25);1H. The number of guanidine groups is 1. The monoisotopic (exact) mass is 532 g/mol. The highest BCUT2D eigenvalue weighted by atomic mass is 127. The van der Waals surface area contributed by atoms with Crippen molar-refractivity contribution in [3.05, 3.63) is 24.3 Å². The molecule has 1 aliphatic rings. The normalized spacial score (nSPS) is 15.9. The maximum Gasteiger partial charge on any atom is 0.225 e. The van der Waals surface area contributed by atoms with Crippen molar-refractivity contribution in [3.8, 4) is 11.5 Å². The highest BCUT2D eigenvalue weighted by Gasteiger charge is 2.24. The molecule has 1 atom stereocenters. The second-order valence-electron chi connectivity index (χ2n) is 7.70. The number of hydrogen-bond acceptors (Lipinski definition) is 4. The lowest BCUT2D eigenvalue weighted by molar-refractivity contribution is -0.135. The summed E-state index contributed by atoms with van der Waals surface area (Å²) in [6.07, 6.45) is 1.76. The van der Waals surface area contributed by atoms with Crippen molar-refractivity contribution in [1.29, 1.82) is 0 Å². The van der Waals surface area contributed by atoms with Crippen LogP contribution in [0.1, 0.15) is 40.5 Å². The number of nitrogens with one attached hydrogen (secondary N) is 2. The molecule has 0 aromatic heterocycles. The van der Waals surface area contributed by atoms with Gasteiger partial charge in [0.05, 0.1) is 13.7 Å². The summed E-state index contributed by atoms with van der Waals surface area (Å²) in [5.74, 6) is 2.53. The average Bonchev–Trinajstić information content (AvgIpc) is 2.72. The molecular weight excluding hydrogens is 495 g/mol. The summed E-state index contributed by atoms with van der Waals surface area (Å²) in [5, 5.41) is 6.81. The highest BCUT2D eigenvalue weighted by molar-refractivity contribution is 14.0. The fraction of sp³-hybridized carbons (Fsp3) is 0.636. The zero-order valence-electron chi connectivity index (χ0n) is 18.8. The van der Waals surface area contributed by atoms with E-state index in [1.165, 1.54) is 0 Å². The number of likely N-dealkylation sites (tertiary alicyclic amines) is 1. The SMILES string of the molecule is CCNC(=NCC(C)Oc1ccccc1OC)NC1CCN(C(=O)C(C)C)CC1.I. The van der Waals surface area contributed by atoms with E-state index in [0.717, 1.165) is 49.9 Å². The number of rotatable bonds is 8. The summed E-state index contributed by atoms with van der Waals surface area (Å²) in [6.45, 7) is 10.9. The van der Waals surface area contributed by atoms with Crippen LogP contribution in [-0.2, 0) is 4.79 Å². The Hall–Kier alpha value is -1.71. The Morgan fingerprint density at radius 2 is 1.83 bits per heavy atom. The van der Waals surface area contributed by atoms with Gasteiger partial charge < -0.3 is 25.0 Å². The van der Waals surface area contributed by atoms with Gasteiger partial charge in [0, 0.05) is 31.6 Å². The summed E-state index contributed by atoms with van der Waals surface area (Å²) in [6, 6.07) is 7.94. The molecule has 0 aliphatic carbocycles. The smallest absolute Gasteiger partial charge is 0.225 e. The van der Waals surface area contributed by atoms with E-state index in [9.17, 15) is 4.79 Å². The number of benzene rings is 1. The lowest BCUT2D eigenvalue weighted by Gasteiger charge is -2.34. The Balaban J connectivity index is 0.00000450. The van der Waals surface area contributed by atoms with Crippen LogP contribution in [0.25, 0.3) is 0 Å². The first kappa shape index (κ1) is 26.3. The van der Waals surface area contributed by atoms with E-state index in [0.29, 0.717) is 12.6 Å². The predicted molar refractivity (Wildman–Crippen MR) is 132 cm³/mol. The maximum atomic E-state index is 12.1. The Morgan fingerprint density at radius 1 is 1.20 bits per heavy atom. The minimum atomic E-state index is -0.0905. The van der Waals surface area contributed by atoms with Crippen LogP contribution in [0, 0.1) is 5.92 Å². The first-order valence-corrected chi connectivity index (χ1v) is 10.6. The predicted octanol–water partition coefficient (Wildman–Crippen LogP) is 3.28. The number of piperidine rings is 1. The summed E-state index contributed by atoms with van der Waals surface area (Å²) in [7, 11) is 1.64. The van der Waals surface area contributed by atoms with Crippen molar-refractivity contribution in [2.75, 3.05) is 33.3 Å². The fourth-order valence-electron chi connectivity index (χ4n) is 3.31. The van der Waals surface area contributed by atoms with Crippen molar-refractivity contribution in [3.63, 3.8) is 0 Å². The number of halogens is 1. The lowest BCUT2D eigenvalue weighted by Crippen LogP contribution is -2.50. The first-order valence-electron chi connectivity index (χ1n) is 10.6. The maximum absolute atomic E-state index is 12.1. The zero-order valence-corrected chi connectivity index (χ0v) is 21.1. The van der Waals surface area contributed by atoms with Gasteiger partial charge in [-0.15, -0.1) is 24.0 Å². The number of ether oxygens (including phenoxy) is 2. The lowest BCUT2D eigenvalue weighted by atomic mass is 10.0. The molecule has 1 aliphatic heterocycles. The molecule has 0 spiro atoms. The number of para-hydroxylation sites is 2. The quantitative estimate of drug-likeness (QED) is 0.306. The van der Waals surface area contributed by atoms with Crippen LogP contribution < -0.4 is 20.1 Å². The Kier molecular flexibility index (Phi) is 11.9. The molecule has 8 heteroatoms. The molecule has 30 heavy (non-hydrogen) atoms. The average molecular weight is 532 g/mol. The molecule has 2 N–H and O–H groups in total. The molecule has 170 valence electrons. The van der Waals surface area contributed by atoms with Crippen LogP contribution in [0.4, 0.5) is 0 Å². The van der Waals surface area contributed by atoms with Crippen molar-refractivity contribution < 1.29 is 14.3 Å². The number of carbonyl (C=O) groups is 1. The van der Waals surface area contributed by atoms with Gasteiger partial charge in [-0.2, -0.15) is 0 Å². The van der Waals surface area contributed by atoms with Gasteiger partial charge in [0.25, 0.3) is 0 Å². The highest BCUT2D eigenvalue weighted by Crippen LogP contribution is 2.26. The third kappa shape index (κ3) is 8.20. The van der Waals surface area contributed by atoms with Gasteiger partial charge in [0.2, 0.25) is 5.91 Å². The minimum Gasteiger partial charge on any atom is -0.493 e. The van der Waals surface area contributed by atoms with E-state index >= 15 is 0 Å². The molecule has 1 unspecified atom stereocenters. The molecule has 1 aromatic rings. The van der Waals surface area contributed by atoms with Crippen molar-refractivity contribution in [1.82, 2.24) is 15.5 Å². The van der Waals surface area contributed by atoms with Crippen molar-refractivity contribution in [2.24, 2.45) is 10.9 Å². The van der Waals surface area contributed by atoms with Crippen LogP contribution in [0.2, 0.25) is 0 Å². The molecule has 1 amide bonds. The van der Waals surface area contributed by atoms with Gasteiger partial charge in [-0.3, -0.25) is 4.79 Å². The fourth-order valence-corrected chi connectivity index (χ4v) is 3.31. The first-order chi connectivity index (χ1) is 13.9. The molecule has 7 nitrogen and oxygen atoms in total. The van der Waals surface area contributed by atoms with Crippen LogP contribution >= 0.6 is 24.0 Å².